The van der Waals surface area contributed by atoms with Gasteiger partial charge in [-0.25, -0.2) is 4.68 Å². The van der Waals surface area contributed by atoms with Crippen LogP contribution >= 0.6 is 0 Å². The Morgan fingerprint density at radius 3 is 2.71 bits per heavy atom. The number of aromatic nitrogens is 4. The van der Waals surface area contributed by atoms with Gasteiger partial charge in [-0.3, -0.25) is 0 Å². The summed E-state index contributed by atoms with van der Waals surface area (Å²) in [7, 11) is 0. The third-order valence-electron chi connectivity index (χ3n) is 4.84. The molecule has 2 fully saturated rings. The van der Waals surface area contributed by atoms with Gasteiger partial charge in [-0.15, -0.1) is 5.10 Å². The second-order valence-electron chi connectivity index (χ2n) is 6.79. The first-order chi connectivity index (χ1) is 10.3. The van der Waals surface area contributed by atoms with E-state index < -0.39 is 0 Å². The average Bonchev–Trinajstić information content (AvgIpc) is 3.13. The zero-order chi connectivity index (χ0) is 14.7. The molecule has 0 saturated carbocycles. The van der Waals surface area contributed by atoms with Crippen molar-refractivity contribution in [3.05, 3.63) is 5.82 Å². The van der Waals surface area contributed by atoms with Crippen LogP contribution in [0.1, 0.15) is 57.8 Å². The van der Waals surface area contributed by atoms with E-state index in [1.807, 2.05) is 4.68 Å². The van der Waals surface area contributed by atoms with Crippen molar-refractivity contribution in [1.82, 2.24) is 20.2 Å². The Morgan fingerprint density at radius 1 is 1.24 bits per heavy atom. The molecule has 0 bridgehead atoms. The highest BCUT2D eigenvalue weighted by molar-refractivity contribution is 4.90. The highest BCUT2D eigenvalue weighted by atomic mass is 16.5. The normalized spacial score (nSPS) is 25.6. The van der Waals surface area contributed by atoms with Gasteiger partial charge in [0.2, 0.25) is 5.82 Å². The predicted octanol–water partition coefficient (Wildman–Crippen LogP) is 0.618. The van der Waals surface area contributed by atoms with Gasteiger partial charge >= 0.3 is 0 Å². The Labute approximate surface area is 126 Å². The summed E-state index contributed by atoms with van der Waals surface area (Å²) in [5, 5.41) is 12.6. The van der Waals surface area contributed by atoms with Crippen LogP contribution in [0.15, 0.2) is 0 Å². The Hall–Kier alpha value is -1.01. The van der Waals surface area contributed by atoms with Crippen LogP contribution in [-0.2, 0) is 11.3 Å². The molecule has 3 rings (SSSR count). The minimum absolute atomic E-state index is 0.288. The lowest BCUT2D eigenvalue weighted by atomic mass is 9.98. The number of likely N-dealkylation sites (tertiary alicyclic amines) is 1. The van der Waals surface area contributed by atoms with Crippen LogP contribution in [0.2, 0.25) is 0 Å². The summed E-state index contributed by atoms with van der Waals surface area (Å²) in [6.45, 7) is 8.76. The van der Waals surface area contributed by atoms with Gasteiger partial charge in [-0.1, -0.05) is 13.8 Å². The summed E-state index contributed by atoms with van der Waals surface area (Å²) in [4.78, 5) is 1.65. The fourth-order valence-corrected chi connectivity index (χ4v) is 3.81. The van der Waals surface area contributed by atoms with E-state index in [-0.39, 0.29) is 6.10 Å². The first kappa shape index (κ1) is 14.9. The lowest BCUT2D eigenvalue weighted by molar-refractivity contribution is -0.940. The van der Waals surface area contributed by atoms with E-state index in [2.05, 4.69) is 29.4 Å². The third-order valence-corrected chi connectivity index (χ3v) is 4.84. The summed E-state index contributed by atoms with van der Waals surface area (Å²) in [5.41, 5.74) is 0. The van der Waals surface area contributed by atoms with Crippen LogP contribution in [0, 0.1) is 5.92 Å². The molecular formula is C15H28N5O+. The summed E-state index contributed by atoms with van der Waals surface area (Å²) in [6.07, 6.45) is 6.60. The van der Waals surface area contributed by atoms with Crippen LogP contribution in [0.25, 0.3) is 0 Å². The van der Waals surface area contributed by atoms with Gasteiger partial charge in [0.1, 0.15) is 0 Å². The summed E-state index contributed by atoms with van der Waals surface area (Å²) in [6, 6.07) is 0.404. The van der Waals surface area contributed by atoms with E-state index in [0.717, 1.165) is 31.8 Å². The number of rotatable bonds is 5. The van der Waals surface area contributed by atoms with Crippen molar-refractivity contribution in [2.45, 2.75) is 64.6 Å². The molecule has 0 amide bonds. The van der Waals surface area contributed by atoms with Gasteiger partial charge in [-0.2, -0.15) is 0 Å². The third kappa shape index (κ3) is 3.43. The maximum Gasteiger partial charge on any atom is 0.209 e. The number of hydrogen-bond acceptors (Lipinski definition) is 4. The number of piperidine rings is 1. The molecule has 6 nitrogen and oxygen atoms in total. The number of tetrazole rings is 1. The zero-order valence-electron chi connectivity index (χ0n) is 13.3. The molecule has 0 radical (unpaired) electrons. The molecule has 1 aromatic rings. The van der Waals surface area contributed by atoms with Gasteiger partial charge in [-0.05, 0) is 42.5 Å². The maximum absolute atomic E-state index is 5.74. The molecule has 2 aliphatic rings. The molecule has 0 spiro atoms. The molecule has 1 N–H and O–H groups in total. The molecule has 0 unspecified atom stereocenters. The van der Waals surface area contributed by atoms with Crippen molar-refractivity contribution in [3.8, 4) is 0 Å². The van der Waals surface area contributed by atoms with E-state index >= 15 is 0 Å². The SMILES string of the molecule is CC(C)[C@@H](c1nnnn1C[C@H]1CCCO1)[NH+]1CCCCC1. The smallest absolute Gasteiger partial charge is 0.209 e. The quantitative estimate of drug-likeness (QED) is 0.865. The van der Waals surface area contributed by atoms with Crippen molar-refractivity contribution >= 4 is 0 Å². The van der Waals surface area contributed by atoms with Crippen molar-refractivity contribution in [3.63, 3.8) is 0 Å². The Balaban J connectivity index is 1.77. The summed E-state index contributed by atoms with van der Waals surface area (Å²) in [5.74, 6) is 1.60. The molecule has 0 aromatic carbocycles. The van der Waals surface area contributed by atoms with Crippen molar-refractivity contribution in [1.29, 1.82) is 0 Å². The van der Waals surface area contributed by atoms with E-state index in [1.54, 1.807) is 4.90 Å². The van der Waals surface area contributed by atoms with E-state index in [0.29, 0.717) is 12.0 Å². The molecule has 21 heavy (non-hydrogen) atoms. The number of hydrogen-bond donors (Lipinski definition) is 1. The summed E-state index contributed by atoms with van der Waals surface area (Å²) >= 11 is 0. The largest absolute Gasteiger partial charge is 0.376 e. The van der Waals surface area contributed by atoms with Crippen molar-refractivity contribution in [2.24, 2.45) is 5.92 Å². The lowest BCUT2D eigenvalue weighted by Crippen LogP contribution is -3.13. The molecule has 0 aliphatic carbocycles. The fraction of sp³-hybridized carbons (Fsp3) is 0.933. The van der Waals surface area contributed by atoms with Crippen LogP contribution in [0.5, 0.6) is 0 Å². The topological polar surface area (TPSA) is 57.3 Å². The van der Waals surface area contributed by atoms with Crippen LogP contribution in [-0.4, -0.2) is 46.0 Å². The molecule has 2 saturated heterocycles. The van der Waals surface area contributed by atoms with Gasteiger partial charge in [0, 0.05) is 12.5 Å². The first-order valence-corrected chi connectivity index (χ1v) is 8.48. The Morgan fingerprint density at radius 2 is 2.05 bits per heavy atom. The molecule has 1 aromatic heterocycles. The van der Waals surface area contributed by atoms with Gasteiger partial charge < -0.3 is 9.64 Å². The number of ether oxygens (including phenoxy) is 1. The van der Waals surface area contributed by atoms with Gasteiger partial charge in [0.05, 0.1) is 25.7 Å². The standard InChI is InChI=1S/C15H27N5O/c1-12(2)14(19-8-4-3-5-9-19)15-16-17-18-20(15)11-13-7-6-10-21-13/h12-14H,3-11H2,1-2H3/p+1/t13-,14+/m1/s1. The monoisotopic (exact) mass is 294 g/mol. The maximum atomic E-state index is 5.74. The van der Waals surface area contributed by atoms with Crippen LogP contribution in [0.4, 0.5) is 0 Å². The van der Waals surface area contributed by atoms with Gasteiger partial charge in [0.15, 0.2) is 6.04 Å². The van der Waals surface area contributed by atoms with Crippen molar-refractivity contribution < 1.29 is 9.64 Å². The second kappa shape index (κ2) is 6.83. The molecule has 6 heteroatoms. The number of quaternary nitrogens is 1. The van der Waals surface area contributed by atoms with Crippen LogP contribution in [0.3, 0.4) is 0 Å². The highest BCUT2D eigenvalue weighted by Gasteiger charge is 2.34. The van der Waals surface area contributed by atoms with E-state index in [4.69, 9.17) is 4.74 Å². The molecular weight excluding hydrogens is 266 g/mol. The molecule has 2 atom stereocenters. The van der Waals surface area contributed by atoms with E-state index in [9.17, 15) is 0 Å². The molecule has 3 heterocycles. The van der Waals surface area contributed by atoms with Gasteiger partial charge in [0.25, 0.3) is 0 Å². The number of nitrogens with zero attached hydrogens (tertiary/aromatic N) is 4. The predicted molar refractivity (Wildman–Crippen MR) is 78.9 cm³/mol. The Kier molecular flexibility index (Phi) is 4.85. The fourth-order valence-electron chi connectivity index (χ4n) is 3.81. The second-order valence-corrected chi connectivity index (χ2v) is 6.79. The lowest BCUT2D eigenvalue weighted by Gasteiger charge is -2.33. The van der Waals surface area contributed by atoms with Crippen molar-refractivity contribution in [2.75, 3.05) is 19.7 Å². The minimum Gasteiger partial charge on any atom is -0.376 e. The number of nitrogens with one attached hydrogen (secondary N) is 1. The Bertz CT molecular complexity index is 435. The highest BCUT2D eigenvalue weighted by Crippen LogP contribution is 2.19. The summed E-state index contributed by atoms with van der Waals surface area (Å²) < 4.78 is 7.75. The minimum atomic E-state index is 0.288. The zero-order valence-corrected chi connectivity index (χ0v) is 13.3. The first-order valence-electron chi connectivity index (χ1n) is 8.48. The van der Waals surface area contributed by atoms with Crippen LogP contribution < -0.4 is 4.90 Å². The average molecular weight is 294 g/mol. The molecule has 2 aliphatic heterocycles. The molecule has 118 valence electrons. The van der Waals surface area contributed by atoms with E-state index in [1.165, 1.54) is 32.4 Å².